The number of alkyl halides is 1. The van der Waals surface area contributed by atoms with E-state index in [1.165, 1.54) is 0 Å². The minimum atomic E-state index is 0.697. The van der Waals surface area contributed by atoms with Crippen molar-refractivity contribution >= 4 is 15.9 Å². The summed E-state index contributed by atoms with van der Waals surface area (Å²) in [5.41, 5.74) is 1.99. The quantitative estimate of drug-likeness (QED) is 0.472. The van der Waals surface area contributed by atoms with Gasteiger partial charge in [-0.3, -0.25) is 0 Å². The number of halogens is 1. The molecule has 0 aliphatic rings. The van der Waals surface area contributed by atoms with Gasteiger partial charge in [0.15, 0.2) is 0 Å². The largest absolute Gasteiger partial charge is 0.248 e. The lowest BCUT2D eigenvalue weighted by atomic mass is 10.3. The van der Waals surface area contributed by atoms with Crippen molar-refractivity contribution in [2.75, 3.05) is 5.33 Å². The summed E-state index contributed by atoms with van der Waals surface area (Å²) >= 11 is 3.22. The highest BCUT2D eigenvalue weighted by molar-refractivity contribution is 9.09. The summed E-state index contributed by atoms with van der Waals surface area (Å²) in [6.07, 6.45) is 1.82. The minimum Gasteiger partial charge on any atom is -0.248 e. The van der Waals surface area contributed by atoms with Crippen molar-refractivity contribution in [1.82, 2.24) is 4.98 Å². The van der Waals surface area contributed by atoms with Crippen LogP contribution in [0.2, 0.25) is 0 Å². The van der Waals surface area contributed by atoms with Gasteiger partial charge >= 0.3 is 0 Å². The predicted molar refractivity (Wildman–Crippen MR) is 49.6 cm³/mol. The normalized spacial score (nSPS) is 8.55. The van der Waals surface area contributed by atoms with Crippen LogP contribution in [0.3, 0.4) is 0 Å². The second kappa shape index (κ2) is 4.15. The van der Waals surface area contributed by atoms with Crippen molar-refractivity contribution < 1.29 is 0 Å². The van der Waals surface area contributed by atoms with Gasteiger partial charge < -0.3 is 0 Å². The number of pyridine rings is 1. The highest BCUT2D eigenvalue weighted by Crippen LogP contribution is 1.95. The Balaban J connectivity index is 2.82. The van der Waals surface area contributed by atoms with E-state index in [-0.39, 0.29) is 0 Å². The summed E-state index contributed by atoms with van der Waals surface area (Å²) in [5, 5.41) is 0.697. The molecule has 1 heterocycles. The fourth-order valence-electron chi connectivity index (χ4n) is 0.666. The molecule has 0 saturated carbocycles. The molecule has 0 aliphatic carbocycles. The Labute approximate surface area is 75.0 Å². The molecule has 56 valence electrons. The molecule has 0 spiro atoms. The van der Waals surface area contributed by atoms with Crippen molar-refractivity contribution in [1.29, 1.82) is 0 Å². The van der Waals surface area contributed by atoms with Gasteiger partial charge in [-0.15, -0.1) is 0 Å². The zero-order chi connectivity index (χ0) is 8.10. The van der Waals surface area contributed by atoms with E-state index in [1.807, 2.05) is 25.3 Å². The average Bonchev–Trinajstić information content (AvgIpc) is 2.04. The summed E-state index contributed by atoms with van der Waals surface area (Å²) in [7, 11) is 0. The maximum atomic E-state index is 4.12. The first kappa shape index (κ1) is 8.29. The van der Waals surface area contributed by atoms with Crippen LogP contribution >= 0.6 is 15.9 Å². The van der Waals surface area contributed by atoms with E-state index in [0.717, 1.165) is 11.3 Å². The fraction of sp³-hybridized carbons (Fsp3) is 0.222. The van der Waals surface area contributed by atoms with Crippen molar-refractivity contribution in [3.63, 3.8) is 0 Å². The van der Waals surface area contributed by atoms with Crippen LogP contribution in [0.25, 0.3) is 0 Å². The Hall–Kier alpha value is -0.810. The molecule has 0 radical (unpaired) electrons. The van der Waals surface area contributed by atoms with Crippen molar-refractivity contribution in [3.8, 4) is 11.8 Å². The van der Waals surface area contributed by atoms with Crippen molar-refractivity contribution in [2.24, 2.45) is 0 Å². The maximum absolute atomic E-state index is 4.12. The summed E-state index contributed by atoms with van der Waals surface area (Å²) in [6, 6.07) is 3.93. The number of hydrogen-bond donors (Lipinski definition) is 0. The molecule has 0 unspecified atom stereocenters. The van der Waals surface area contributed by atoms with Crippen LogP contribution in [0.5, 0.6) is 0 Å². The number of hydrogen-bond acceptors (Lipinski definition) is 1. The van der Waals surface area contributed by atoms with Crippen LogP contribution in [0, 0.1) is 18.8 Å². The van der Waals surface area contributed by atoms with Crippen LogP contribution < -0.4 is 0 Å². The van der Waals surface area contributed by atoms with E-state index >= 15 is 0 Å². The van der Waals surface area contributed by atoms with Gasteiger partial charge in [0.1, 0.15) is 5.69 Å². The Morgan fingerprint density at radius 1 is 1.55 bits per heavy atom. The highest BCUT2D eigenvalue weighted by atomic mass is 79.9. The van der Waals surface area contributed by atoms with E-state index in [1.54, 1.807) is 0 Å². The molecule has 2 heteroatoms. The third kappa shape index (κ3) is 2.73. The first-order valence-electron chi connectivity index (χ1n) is 3.30. The lowest BCUT2D eigenvalue weighted by molar-refractivity contribution is 1.24. The van der Waals surface area contributed by atoms with Gasteiger partial charge in [-0.25, -0.2) is 4.98 Å². The van der Waals surface area contributed by atoms with Crippen LogP contribution in [-0.4, -0.2) is 10.3 Å². The third-order valence-corrected chi connectivity index (χ3v) is 1.48. The van der Waals surface area contributed by atoms with Gasteiger partial charge in [0.05, 0.1) is 5.33 Å². The second-order valence-corrected chi connectivity index (χ2v) is 2.72. The lowest BCUT2D eigenvalue weighted by Gasteiger charge is -1.89. The highest BCUT2D eigenvalue weighted by Gasteiger charge is 1.85. The first-order valence-corrected chi connectivity index (χ1v) is 4.42. The second-order valence-electron chi connectivity index (χ2n) is 2.16. The number of nitrogens with zero attached hydrogens (tertiary/aromatic N) is 1. The average molecular weight is 210 g/mol. The van der Waals surface area contributed by atoms with Crippen molar-refractivity contribution in [2.45, 2.75) is 6.92 Å². The molecule has 0 fully saturated rings. The molecule has 0 atom stereocenters. The molecule has 0 aromatic carbocycles. The standard InChI is InChI=1S/C9H8BrN/c1-8-4-5-9(11-7-8)3-2-6-10/h4-5,7H,6H2,1H3. The van der Waals surface area contributed by atoms with E-state index in [2.05, 4.69) is 32.8 Å². The summed E-state index contributed by atoms with van der Waals surface area (Å²) in [6.45, 7) is 2.01. The Bertz CT molecular complexity index is 279. The topological polar surface area (TPSA) is 12.9 Å². The Morgan fingerprint density at radius 3 is 2.91 bits per heavy atom. The smallest absolute Gasteiger partial charge is 0.113 e. The molecular weight excluding hydrogens is 202 g/mol. The molecule has 1 rings (SSSR count). The molecule has 0 bridgehead atoms. The molecule has 0 aliphatic heterocycles. The third-order valence-electron chi connectivity index (χ3n) is 1.19. The summed E-state index contributed by atoms with van der Waals surface area (Å²) < 4.78 is 0. The number of rotatable bonds is 0. The number of aryl methyl sites for hydroxylation is 1. The van der Waals surface area contributed by atoms with E-state index in [9.17, 15) is 0 Å². The van der Waals surface area contributed by atoms with Gasteiger partial charge in [0, 0.05) is 6.20 Å². The van der Waals surface area contributed by atoms with Gasteiger partial charge in [0.2, 0.25) is 0 Å². The van der Waals surface area contributed by atoms with E-state index < -0.39 is 0 Å². The molecule has 1 aromatic rings. The molecule has 0 saturated heterocycles. The Morgan fingerprint density at radius 2 is 2.36 bits per heavy atom. The van der Waals surface area contributed by atoms with Crippen LogP contribution in [0.1, 0.15) is 11.3 Å². The SMILES string of the molecule is Cc1ccc(C#CCBr)nc1. The molecule has 1 aromatic heterocycles. The minimum absolute atomic E-state index is 0.697. The van der Waals surface area contributed by atoms with Crippen LogP contribution in [-0.2, 0) is 0 Å². The fourth-order valence-corrected chi connectivity index (χ4v) is 0.806. The zero-order valence-electron chi connectivity index (χ0n) is 6.26. The Kier molecular flexibility index (Phi) is 3.13. The van der Waals surface area contributed by atoms with Crippen molar-refractivity contribution in [3.05, 3.63) is 29.6 Å². The van der Waals surface area contributed by atoms with Gasteiger partial charge in [-0.1, -0.05) is 27.9 Å². The number of aromatic nitrogens is 1. The summed E-state index contributed by atoms with van der Waals surface area (Å²) in [5.74, 6) is 5.80. The van der Waals surface area contributed by atoms with Gasteiger partial charge in [0.25, 0.3) is 0 Å². The molecule has 0 N–H and O–H groups in total. The van der Waals surface area contributed by atoms with Gasteiger partial charge in [-0.05, 0) is 24.5 Å². The predicted octanol–water partition coefficient (Wildman–Crippen LogP) is 2.14. The van der Waals surface area contributed by atoms with Crippen LogP contribution in [0.15, 0.2) is 18.3 Å². The van der Waals surface area contributed by atoms with E-state index in [4.69, 9.17) is 0 Å². The summed E-state index contributed by atoms with van der Waals surface area (Å²) in [4.78, 5) is 4.12. The zero-order valence-corrected chi connectivity index (χ0v) is 7.85. The first-order chi connectivity index (χ1) is 5.33. The maximum Gasteiger partial charge on any atom is 0.113 e. The lowest BCUT2D eigenvalue weighted by Crippen LogP contribution is -1.81. The van der Waals surface area contributed by atoms with E-state index in [0.29, 0.717) is 5.33 Å². The van der Waals surface area contributed by atoms with Crippen LogP contribution in [0.4, 0.5) is 0 Å². The molecule has 11 heavy (non-hydrogen) atoms. The van der Waals surface area contributed by atoms with Gasteiger partial charge in [-0.2, -0.15) is 0 Å². The molecular formula is C9H8BrN. The molecule has 0 amide bonds. The monoisotopic (exact) mass is 209 g/mol. The molecule has 1 nitrogen and oxygen atoms in total.